The Morgan fingerprint density at radius 3 is 2.12 bits per heavy atom. The van der Waals surface area contributed by atoms with E-state index in [0.717, 1.165) is 16.7 Å². The lowest BCUT2D eigenvalue weighted by molar-refractivity contribution is -0.116. The Morgan fingerprint density at radius 2 is 1.46 bits per heavy atom. The zero-order valence-electron chi connectivity index (χ0n) is 14.2. The summed E-state index contributed by atoms with van der Waals surface area (Å²) < 4.78 is 0. The molecule has 3 aromatic carbocycles. The van der Waals surface area contributed by atoms with E-state index in [1.54, 1.807) is 12.1 Å². The van der Waals surface area contributed by atoms with Crippen LogP contribution in [-0.2, 0) is 11.2 Å². The average Bonchev–Trinajstić information content (AvgIpc) is 2.67. The van der Waals surface area contributed by atoms with Gasteiger partial charge in [0.25, 0.3) is 0 Å². The van der Waals surface area contributed by atoms with E-state index in [4.69, 9.17) is 0 Å². The molecule has 0 aliphatic rings. The van der Waals surface area contributed by atoms with Gasteiger partial charge in [0, 0.05) is 6.42 Å². The Hall–Kier alpha value is -3.40. The molecule has 0 heterocycles. The summed E-state index contributed by atoms with van der Waals surface area (Å²) in [6.07, 6.45) is 0.895. The highest BCUT2D eigenvalue weighted by molar-refractivity contribution is 6.01. The summed E-state index contributed by atoms with van der Waals surface area (Å²) in [5, 5.41) is 12.1. The van der Waals surface area contributed by atoms with Crippen LogP contribution in [-0.4, -0.2) is 17.0 Å². The molecule has 0 bridgehead atoms. The highest BCUT2D eigenvalue weighted by Gasteiger charge is 2.14. The van der Waals surface area contributed by atoms with E-state index < -0.39 is 5.97 Å². The maximum absolute atomic E-state index is 12.3. The first-order chi connectivity index (χ1) is 12.6. The lowest BCUT2D eigenvalue weighted by Gasteiger charge is -2.11. The maximum Gasteiger partial charge on any atom is 0.337 e. The summed E-state index contributed by atoms with van der Waals surface area (Å²) in [6.45, 7) is 0. The second-order valence-corrected chi connectivity index (χ2v) is 5.97. The first-order valence-electron chi connectivity index (χ1n) is 8.40. The van der Waals surface area contributed by atoms with Crippen molar-refractivity contribution in [2.24, 2.45) is 0 Å². The van der Waals surface area contributed by atoms with Gasteiger partial charge in [-0.15, -0.1) is 0 Å². The summed E-state index contributed by atoms with van der Waals surface area (Å²) in [5.74, 6) is -1.27. The monoisotopic (exact) mass is 345 g/mol. The van der Waals surface area contributed by atoms with Crippen molar-refractivity contribution in [3.8, 4) is 11.1 Å². The molecule has 0 saturated heterocycles. The molecule has 0 atom stereocenters. The molecule has 0 unspecified atom stereocenters. The van der Waals surface area contributed by atoms with Gasteiger partial charge >= 0.3 is 5.97 Å². The normalized spacial score (nSPS) is 10.3. The zero-order valence-corrected chi connectivity index (χ0v) is 14.2. The fourth-order valence-corrected chi connectivity index (χ4v) is 2.76. The van der Waals surface area contributed by atoms with Crippen LogP contribution in [0.1, 0.15) is 22.3 Å². The molecule has 0 aromatic heterocycles. The largest absolute Gasteiger partial charge is 0.478 e. The van der Waals surface area contributed by atoms with Gasteiger partial charge in [-0.1, -0.05) is 66.7 Å². The fraction of sp³-hybridized carbons (Fsp3) is 0.0909. The number of carbonyl (C=O) groups is 2. The maximum atomic E-state index is 12.3. The quantitative estimate of drug-likeness (QED) is 0.685. The summed E-state index contributed by atoms with van der Waals surface area (Å²) in [5.41, 5.74) is 3.28. The zero-order chi connectivity index (χ0) is 18.4. The van der Waals surface area contributed by atoms with Crippen LogP contribution in [0.2, 0.25) is 0 Å². The van der Waals surface area contributed by atoms with Gasteiger partial charge in [0.1, 0.15) is 0 Å². The molecule has 0 spiro atoms. The second kappa shape index (κ2) is 8.12. The third-order valence-electron chi connectivity index (χ3n) is 4.11. The number of nitrogens with one attached hydrogen (secondary N) is 1. The lowest BCUT2D eigenvalue weighted by Crippen LogP contribution is -2.15. The molecular formula is C22H19NO3. The number of hydrogen-bond acceptors (Lipinski definition) is 2. The van der Waals surface area contributed by atoms with Gasteiger partial charge in [0.15, 0.2) is 0 Å². The van der Waals surface area contributed by atoms with Gasteiger partial charge < -0.3 is 10.4 Å². The first kappa shape index (κ1) is 17.4. The van der Waals surface area contributed by atoms with Gasteiger partial charge in [-0.2, -0.15) is 0 Å². The van der Waals surface area contributed by atoms with Crippen molar-refractivity contribution in [1.82, 2.24) is 0 Å². The highest BCUT2D eigenvalue weighted by atomic mass is 16.4. The number of carboxylic acids is 1. The smallest absolute Gasteiger partial charge is 0.337 e. The number of carboxylic acid groups (broad SMARTS) is 1. The van der Waals surface area contributed by atoms with E-state index in [9.17, 15) is 14.7 Å². The molecule has 26 heavy (non-hydrogen) atoms. The van der Waals surface area contributed by atoms with Crippen LogP contribution in [0.25, 0.3) is 11.1 Å². The van der Waals surface area contributed by atoms with Crippen molar-refractivity contribution >= 4 is 17.6 Å². The van der Waals surface area contributed by atoms with E-state index in [2.05, 4.69) is 5.32 Å². The number of benzene rings is 3. The van der Waals surface area contributed by atoms with Gasteiger partial charge in [0.05, 0.1) is 11.3 Å². The number of anilines is 1. The molecule has 0 aliphatic carbocycles. The van der Waals surface area contributed by atoms with E-state index in [-0.39, 0.29) is 11.5 Å². The number of aryl methyl sites for hydroxylation is 1. The standard InChI is InChI=1S/C22H19NO3/c24-21(14-11-16-7-3-1-4-8-16)23-20-15-18(12-13-19(20)22(25)26)17-9-5-2-6-10-17/h1-10,12-13,15H,11,14H2,(H,23,24)(H,25,26). The molecule has 4 nitrogen and oxygen atoms in total. The third kappa shape index (κ3) is 4.36. The van der Waals surface area contributed by atoms with E-state index in [1.807, 2.05) is 60.7 Å². The topological polar surface area (TPSA) is 66.4 Å². The van der Waals surface area contributed by atoms with E-state index >= 15 is 0 Å². The second-order valence-electron chi connectivity index (χ2n) is 5.97. The number of carbonyl (C=O) groups excluding carboxylic acids is 1. The Kier molecular flexibility index (Phi) is 5.44. The van der Waals surface area contributed by atoms with Crippen molar-refractivity contribution in [1.29, 1.82) is 0 Å². The van der Waals surface area contributed by atoms with E-state index in [1.165, 1.54) is 6.07 Å². The number of aromatic carboxylic acids is 1. The Morgan fingerprint density at radius 1 is 0.808 bits per heavy atom. The van der Waals surface area contributed by atoms with Crippen molar-refractivity contribution in [2.75, 3.05) is 5.32 Å². The molecule has 4 heteroatoms. The molecule has 0 saturated carbocycles. The summed E-state index contributed by atoms with van der Waals surface area (Å²) in [4.78, 5) is 23.8. The molecule has 0 radical (unpaired) electrons. The van der Waals surface area contributed by atoms with Crippen LogP contribution in [0, 0.1) is 0 Å². The molecule has 2 N–H and O–H groups in total. The van der Waals surface area contributed by atoms with Crippen LogP contribution in [0.5, 0.6) is 0 Å². The van der Waals surface area contributed by atoms with Crippen LogP contribution in [0.3, 0.4) is 0 Å². The van der Waals surface area contributed by atoms with Crippen molar-refractivity contribution < 1.29 is 14.7 Å². The molecule has 0 fully saturated rings. The number of amides is 1. The van der Waals surface area contributed by atoms with Crippen LogP contribution >= 0.6 is 0 Å². The Bertz CT molecular complexity index is 905. The summed E-state index contributed by atoms with van der Waals surface area (Å²) in [6, 6.07) is 24.3. The minimum absolute atomic E-state index is 0.0812. The number of rotatable bonds is 6. The van der Waals surface area contributed by atoms with Crippen LogP contribution < -0.4 is 5.32 Å². The molecular weight excluding hydrogens is 326 g/mol. The van der Waals surface area contributed by atoms with Crippen molar-refractivity contribution in [3.63, 3.8) is 0 Å². The minimum Gasteiger partial charge on any atom is -0.478 e. The summed E-state index contributed by atoms with van der Waals surface area (Å²) in [7, 11) is 0. The van der Waals surface area contributed by atoms with Gasteiger partial charge in [0.2, 0.25) is 5.91 Å². The van der Waals surface area contributed by atoms with Gasteiger partial charge in [-0.05, 0) is 35.2 Å². The predicted molar refractivity (Wildman–Crippen MR) is 102 cm³/mol. The average molecular weight is 345 g/mol. The number of hydrogen-bond donors (Lipinski definition) is 2. The molecule has 3 aromatic rings. The Balaban J connectivity index is 1.78. The fourth-order valence-electron chi connectivity index (χ4n) is 2.76. The van der Waals surface area contributed by atoms with Gasteiger partial charge in [-0.25, -0.2) is 4.79 Å². The van der Waals surface area contributed by atoms with Gasteiger partial charge in [-0.3, -0.25) is 4.79 Å². The highest BCUT2D eigenvalue weighted by Crippen LogP contribution is 2.26. The first-order valence-corrected chi connectivity index (χ1v) is 8.40. The Labute approximate surface area is 152 Å². The minimum atomic E-state index is -1.07. The van der Waals surface area contributed by atoms with Crippen LogP contribution in [0.15, 0.2) is 78.9 Å². The predicted octanol–water partition coefficient (Wildman–Crippen LogP) is 4.62. The molecule has 3 rings (SSSR count). The molecule has 1 amide bonds. The van der Waals surface area contributed by atoms with Crippen LogP contribution in [0.4, 0.5) is 5.69 Å². The summed E-state index contributed by atoms with van der Waals surface area (Å²) >= 11 is 0. The van der Waals surface area contributed by atoms with E-state index in [0.29, 0.717) is 18.5 Å². The lowest BCUT2D eigenvalue weighted by atomic mass is 10.0. The third-order valence-corrected chi connectivity index (χ3v) is 4.11. The SMILES string of the molecule is O=C(CCc1ccccc1)Nc1cc(-c2ccccc2)ccc1C(=O)O. The molecule has 130 valence electrons. The molecule has 0 aliphatic heterocycles. The van der Waals surface area contributed by atoms with Crippen molar-refractivity contribution in [3.05, 3.63) is 90.0 Å². The van der Waals surface area contributed by atoms with Crippen molar-refractivity contribution in [2.45, 2.75) is 12.8 Å².